The van der Waals surface area contributed by atoms with E-state index in [9.17, 15) is 20.4 Å². The van der Waals surface area contributed by atoms with Gasteiger partial charge in [-0.15, -0.1) is 0 Å². The van der Waals surface area contributed by atoms with Gasteiger partial charge in [0.2, 0.25) is 0 Å². The fourth-order valence-electron chi connectivity index (χ4n) is 1.99. The SMILES string of the molecule is CC(C)[C@@]1(O)CC[C@@](C)(O)[C@@H](O)[C@@H]1O. The molecule has 0 radical (unpaired) electrons. The molecule has 4 N–H and O–H groups in total. The number of aliphatic hydroxyl groups excluding tert-OH is 2. The maximum absolute atomic E-state index is 10.1. The number of rotatable bonds is 1. The Bertz CT molecular complexity index is 214. The standard InChI is InChI=1S/C10H20O4/c1-6(2)10(14)5-4-9(3,13)7(11)8(10)12/h6-8,11-14H,4-5H2,1-3H3/t7-,8-,9+,10-/m0/s1. The van der Waals surface area contributed by atoms with Crippen LogP contribution in [0.2, 0.25) is 0 Å². The zero-order valence-electron chi connectivity index (χ0n) is 8.94. The summed E-state index contributed by atoms with van der Waals surface area (Å²) in [5.41, 5.74) is -2.60. The lowest BCUT2D eigenvalue weighted by Crippen LogP contribution is -2.63. The van der Waals surface area contributed by atoms with Crippen molar-refractivity contribution >= 4 is 0 Å². The topological polar surface area (TPSA) is 80.9 Å². The maximum Gasteiger partial charge on any atom is 0.112 e. The van der Waals surface area contributed by atoms with E-state index in [0.717, 1.165) is 0 Å². The summed E-state index contributed by atoms with van der Waals surface area (Å²) in [5.74, 6) is -0.150. The molecule has 1 aliphatic rings. The minimum atomic E-state index is -1.31. The predicted octanol–water partition coefficient (Wildman–Crippen LogP) is -0.360. The van der Waals surface area contributed by atoms with Gasteiger partial charge in [0.15, 0.2) is 0 Å². The number of hydrogen-bond acceptors (Lipinski definition) is 4. The average molecular weight is 204 g/mol. The van der Waals surface area contributed by atoms with Gasteiger partial charge in [0.1, 0.15) is 12.2 Å². The molecule has 1 rings (SSSR count). The quantitative estimate of drug-likeness (QED) is 0.470. The van der Waals surface area contributed by atoms with Crippen LogP contribution in [0.25, 0.3) is 0 Å². The molecule has 0 spiro atoms. The van der Waals surface area contributed by atoms with Gasteiger partial charge in [-0.1, -0.05) is 13.8 Å². The number of hydrogen-bond donors (Lipinski definition) is 4. The summed E-state index contributed by atoms with van der Waals surface area (Å²) in [4.78, 5) is 0. The first-order valence-electron chi connectivity index (χ1n) is 5.02. The third kappa shape index (κ3) is 1.67. The van der Waals surface area contributed by atoms with E-state index < -0.39 is 23.4 Å². The van der Waals surface area contributed by atoms with Crippen LogP contribution in [0.1, 0.15) is 33.6 Å². The Balaban J connectivity index is 2.89. The Labute approximate surface area is 84.2 Å². The first-order chi connectivity index (χ1) is 6.22. The van der Waals surface area contributed by atoms with Gasteiger partial charge in [-0.3, -0.25) is 0 Å². The highest BCUT2D eigenvalue weighted by atomic mass is 16.4. The second-order valence-electron chi connectivity index (χ2n) is 4.89. The van der Waals surface area contributed by atoms with Gasteiger partial charge in [-0.25, -0.2) is 0 Å². The van der Waals surface area contributed by atoms with Gasteiger partial charge in [0.25, 0.3) is 0 Å². The molecule has 1 saturated carbocycles. The van der Waals surface area contributed by atoms with E-state index in [1.807, 2.05) is 0 Å². The van der Waals surface area contributed by atoms with Crippen LogP contribution in [0.3, 0.4) is 0 Å². The molecule has 0 amide bonds. The van der Waals surface area contributed by atoms with Gasteiger partial charge >= 0.3 is 0 Å². The molecule has 0 aromatic carbocycles. The van der Waals surface area contributed by atoms with Crippen molar-refractivity contribution in [2.45, 2.75) is 57.0 Å². The molecule has 4 nitrogen and oxygen atoms in total. The van der Waals surface area contributed by atoms with E-state index in [4.69, 9.17) is 0 Å². The van der Waals surface area contributed by atoms with Crippen LogP contribution in [0, 0.1) is 5.92 Å². The van der Waals surface area contributed by atoms with Gasteiger partial charge < -0.3 is 20.4 Å². The summed E-state index contributed by atoms with van der Waals surface area (Å²) in [6.07, 6.45) is -1.98. The fourth-order valence-corrected chi connectivity index (χ4v) is 1.99. The van der Waals surface area contributed by atoms with Crippen molar-refractivity contribution in [1.29, 1.82) is 0 Å². The highest BCUT2D eigenvalue weighted by Crippen LogP contribution is 2.39. The first kappa shape index (κ1) is 11.9. The van der Waals surface area contributed by atoms with Crippen LogP contribution in [-0.4, -0.2) is 43.8 Å². The molecule has 0 aliphatic heterocycles. The molecule has 0 aromatic heterocycles. The first-order valence-corrected chi connectivity index (χ1v) is 5.02. The minimum Gasteiger partial charge on any atom is -0.387 e. The van der Waals surface area contributed by atoms with Crippen LogP contribution in [-0.2, 0) is 0 Å². The summed E-state index contributed by atoms with van der Waals surface area (Å²) < 4.78 is 0. The lowest BCUT2D eigenvalue weighted by molar-refractivity contribution is -0.229. The third-order valence-corrected chi connectivity index (χ3v) is 3.48. The Morgan fingerprint density at radius 1 is 1.07 bits per heavy atom. The van der Waals surface area contributed by atoms with Crippen molar-refractivity contribution in [3.63, 3.8) is 0 Å². The van der Waals surface area contributed by atoms with Gasteiger partial charge in [0.05, 0.1) is 11.2 Å². The van der Waals surface area contributed by atoms with Crippen molar-refractivity contribution in [2.75, 3.05) is 0 Å². The van der Waals surface area contributed by atoms with Gasteiger partial charge in [-0.05, 0) is 25.7 Å². The van der Waals surface area contributed by atoms with Crippen molar-refractivity contribution in [3.8, 4) is 0 Å². The van der Waals surface area contributed by atoms with Crippen molar-refractivity contribution in [2.24, 2.45) is 5.92 Å². The van der Waals surface area contributed by atoms with E-state index in [1.54, 1.807) is 13.8 Å². The molecule has 0 bridgehead atoms. The second kappa shape index (κ2) is 3.45. The molecule has 1 fully saturated rings. The van der Waals surface area contributed by atoms with Crippen LogP contribution >= 0.6 is 0 Å². The summed E-state index contributed by atoms with van der Waals surface area (Å²) in [6.45, 7) is 5.05. The van der Waals surface area contributed by atoms with Crippen LogP contribution in [0.15, 0.2) is 0 Å². The molecule has 0 saturated heterocycles. The lowest BCUT2D eigenvalue weighted by Gasteiger charge is -2.48. The Morgan fingerprint density at radius 3 is 2.00 bits per heavy atom. The van der Waals surface area contributed by atoms with Crippen LogP contribution in [0.4, 0.5) is 0 Å². The molecule has 4 atom stereocenters. The smallest absolute Gasteiger partial charge is 0.112 e. The van der Waals surface area contributed by atoms with E-state index in [-0.39, 0.29) is 5.92 Å². The molecule has 84 valence electrons. The second-order valence-corrected chi connectivity index (χ2v) is 4.89. The number of aliphatic hydroxyl groups is 4. The highest BCUT2D eigenvalue weighted by Gasteiger charge is 2.53. The summed E-state index contributed by atoms with van der Waals surface area (Å²) >= 11 is 0. The minimum absolute atomic E-state index is 0.150. The van der Waals surface area contributed by atoms with Crippen molar-refractivity contribution in [1.82, 2.24) is 0 Å². The Morgan fingerprint density at radius 2 is 1.57 bits per heavy atom. The summed E-state index contributed by atoms with van der Waals surface area (Å²) in [6, 6.07) is 0. The van der Waals surface area contributed by atoms with Crippen LogP contribution < -0.4 is 0 Å². The lowest BCUT2D eigenvalue weighted by atomic mass is 9.68. The third-order valence-electron chi connectivity index (χ3n) is 3.48. The Kier molecular flexibility index (Phi) is 2.94. The highest BCUT2D eigenvalue weighted by molar-refractivity contribution is 5.04. The van der Waals surface area contributed by atoms with Crippen molar-refractivity contribution in [3.05, 3.63) is 0 Å². The van der Waals surface area contributed by atoms with Crippen LogP contribution in [0.5, 0.6) is 0 Å². The molecule has 14 heavy (non-hydrogen) atoms. The molecular weight excluding hydrogens is 184 g/mol. The zero-order chi connectivity index (χ0) is 11.1. The maximum atomic E-state index is 10.1. The van der Waals surface area contributed by atoms with E-state index in [2.05, 4.69) is 0 Å². The molecule has 0 heterocycles. The largest absolute Gasteiger partial charge is 0.387 e. The molecule has 1 aliphatic carbocycles. The van der Waals surface area contributed by atoms with Crippen molar-refractivity contribution < 1.29 is 20.4 Å². The van der Waals surface area contributed by atoms with Gasteiger partial charge in [-0.2, -0.15) is 0 Å². The van der Waals surface area contributed by atoms with E-state index >= 15 is 0 Å². The monoisotopic (exact) mass is 204 g/mol. The van der Waals surface area contributed by atoms with E-state index in [1.165, 1.54) is 6.92 Å². The van der Waals surface area contributed by atoms with E-state index in [0.29, 0.717) is 12.8 Å². The van der Waals surface area contributed by atoms with Gasteiger partial charge in [0, 0.05) is 0 Å². The Hall–Kier alpha value is -0.160. The summed E-state index contributed by atoms with van der Waals surface area (Å²) in [7, 11) is 0. The average Bonchev–Trinajstić information content (AvgIpc) is 2.09. The predicted molar refractivity (Wildman–Crippen MR) is 51.7 cm³/mol. The molecule has 0 unspecified atom stereocenters. The zero-order valence-corrected chi connectivity index (χ0v) is 8.94. The molecule has 0 aromatic rings. The molecule has 4 heteroatoms. The normalized spacial score (nSPS) is 49.7. The summed E-state index contributed by atoms with van der Waals surface area (Å²) in [5, 5.41) is 39.2. The molecular formula is C10H20O4. The fraction of sp³-hybridized carbons (Fsp3) is 1.00.